The normalized spacial score (nSPS) is 15.3. The van der Waals surface area contributed by atoms with Crippen molar-refractivity contribution in [3.8, 4) is 21.0 Å². The van der Waals surface area contributed by atoms with Gasteiger partial charge in [0.1, 0.15) is 5.01 Å². The van der Waals surface area contributed by atoms with E-state index in [0.717, 1.165) is 26.7 Å². The number of thiazole rings is 1. The SMILES string of the molecule is CCOC(=O)C1C(=O)Nc2ccc(-c3sc(-c4ccccc4)nc3C)cc21. The van der Waals surface area contributed by atoms with E-state index in [4.69, 9.17) is 9.72 Å². The topological polar surface area (TPSA) is 68.3 Å². The number of benzene rings is 2. The monoisotopic (exact) mass is 378 g/mol. The molecule has 136 valence electrons. The minimum absolute atomic E-state index is 0.242. The number of aryl methyl sites for hydroxylation is 1. The second kappa shape index (κ2) is 6.96. The van der Waals surface area contributed by atoms with Gasteiger partial charge in [-0.25, -0.2) is 4.98 Å². The molecule has 0 saturated carbocycles. The zero-order valence-electron chi connectivity index (χ0n) is 15.0. The summed E-state index contributed by atoms with van der Waals surface area (Å²) in [7, 11) is 0. The first-order chi connectivity index (χ1) is 13.1. The van der Waals surface area contributed by atoms with Crippen molar-refractivity contribution in [3.63, 3.8) is 0 Å². The minimum Gasteiger partial charge on any atom is -0.465 e. The highest BCUT2D eigenvalue weighted by Gasteiger charge is 2.37. The molecule has 0 spiro atoms. The summed E-state index contributed by atoms with van der Waals surface area (Å²) in [5.74, 6) is -1.77. The number of carbonyl (C=O) groups excluding carboxylic acids is 2. The lowest BCUT2D eigenvalue weighted by Gasteiger charge is -2.09. The lowest BCUT2D eigenvalue weighted by Crippen LogP contribution is -2.22. The first-order valence-corrected chi connectivity index (χ1v) is 9.54. The van der Waals surface area contributed by atoms with E-state index < -0.39 is 11.9 Å². The van der Waals surface area contributed by atoms with Gasteiger partial charge in [-0.2, -0.15) is 0 Å². The minimum atomic E-state index is -0.915. The van der Waals surface area contributed by atoms with Crippen molar-refractivity contribution in [2.75, 3.05) is 11.9 Å². The number of esters is 1. The number of ether oxygens (including phenoxy) is 1. The Kier molecular flexibility index (Phi) is 4.49. The van der Waals surface area contributed by atoms with Gasteiger partial charge in [0.15, 0.2) is 5.92 Å². The third-order valence-corrected chi connectivity index (χ3v) is 5.74. The molecule has 0 radical (unpaired) electrons. The fourth-order valence-electron chi connectivity index (χ4n) is 3.23. The number of hydrogen-bond donors (Lipinski definition) is 1. The number of carbonyl (C=O) groups is 2. The molecule has 3 aromatic rings. The number of nitrogens with zero attached hydrogens (tertiary/aromatic N) is 1. The molecule has 27 heavy (non-hydrogen) atoms. The molecular weight excluding hydrogens is 360 g/mol. The van der Waals surface area contributed by atoms with Gasteiger partial charge in [-0.05, 0) is 37.1 Å². The maximum absolute atomic E-state index is 12.2. The van der Waals surface area contributed by atoms with Crippen LogP contribution in [0.4, 0.5) is 5.69 Å². The van der Waals surface area contributed by atoms with Crippen LogP contribution < -0.4 is 5.32 Å². The third-order valence-electron chi connectivity index (χ3n) is 4.48. The Balaban J connectivity index is 1.74. The fraction of sp³-hybridized carbons (Fsp3) is 0.190. The van der Waals surface area contributed by atoms with Crippen molar-refractivity contribution in [2.24, 2.45) is 0 Å². The maximum Gasteiger partial charge on any atom is 0.323 e. The molecule has 5 nitrogen and oxygen atoms in total. The molecule has 1 amide bonds. The van der Waals surface area contributed by atoms with E-state index in [0.29, 0.717) is 11.3 Å². The number of amides is 1. The summed E-state index contributed by atoms with van der Waals surface area (Å²) >= 11 is 1.60. The second-order valence-electron chi connectivity index (χ2n) is 6.28. The molecule has 6 heteroatoms. The highest BCUT2D eigenvalue weighted by atomic mass is 32.1. The molecule has 2 aromatic carbocycles. The van der Waals surface area contributed by atoms with Crippen LogP contribution in [0.15, 0.2) is 48.5 Å². The van der Waals surface area contributed by atoms with Crippen molar-refractivity contribution >= 4 is 28.9 Å². The largest absolute Gasteiger partial charge is 0.465 e. The summed E-state index contributed by atoms with van der Waals surface area (Å²) in [5.41, 5.74) is 4.25. The lowest BCUT2D eigenvalue weighted by molar-refractivity contribution is -0.147. The van der Waals surface area contributed by atoms with Crippen LogP contribution in [-0.2, 0) is 14.3 Å². The van der Waals surface area contributed by atoms with Gasteiger partial charge in [-0.3, -0.25) is 9.59 Å². The van der Waals surface area contributed by atoms with E-state index >= 15 is 0 Å². The van der Waals surface area contributed by atoms with E-state index in [1.165, 1.54) is 0 Å². The predicted octanol–water partition coefficient (Wildman–Crippen LogP) is 4.38. The molecule has 1 unspecified atom stereocenters. The van der Waals surface area contributed by atoms with Crippen LogP contribution in [0.25, 0.3) is 21.0 Å². The molecule has 0 aliphatic carbocycles. The quantitative estimate of drug-likeness (QED) is 0.540. The maximum atomic E-state index is 12.2. The van der Waals surface area contributed by atoms with Crippen LogP contribution >= 0.6 is 11.3 Å². The number of rotatable bonds is 4. The van der Waals surface area contributed by atoms with E-state index in [-0.39, 0.29) is 12.5 Å². The molecule has 1 atom stereocenters. The number of aromatic nitrogens is 1. The standard InChI is InChI=1S/C21H18N2O3S/c1-3-26-21(25)17-15-11-14(9-10-16(15)23-19(17)24)18-12(2)22-20(27-18)13-7-5-4-6-8-13/h4-11,17H,3H2,1-2H3,(H,23,24). The molecule has 0 fully saturated rings. The second-order valence-corrected chi connectivity index (χ2v) is 7.27. The Hall–Kier alpha value is -2.99. The average molecular weight is 378 g/mol. The van der Waals surface area contributed by atoms with Gasteiger partial charge in [-0.15, -0.1) is 11.3 Å². The first-order valence-electron chi connectivity index (χ1n) is 8.73. The van der Waals surface area contributed by atoms with E-state index in [1.54, 1.807) is 18.3 Å². The molecular formula is C21H18N2O3S. The van der Waals surface area contributed by atoms with Crippen molar-refractivity contribution in [3.05, 3.63) is 59.8 Å². The summed E-state index contributed by atoms with van der Waals surface area (Å²) in [5, 5.41) is 3.70. The molecule has 2 heterocycles. The van der Waals surface area contributed by atoms with Gasteiger partial charge >= 0.3 is 5.97 Å². The van der Waals surface area contributed by atoms with Crippen LogP contribution in [-0.4, -0.2) is 23.5 Å². The summed E-state index contributed by atoms with van der Waals surface area (Å²) in [6, 6.07) is 15.7. The van der Waals surface area contributed by atoms with E-state index in [9.17, 15) is 9.59 Å². The Morgan fingerprint density at radius 3 is 2.70 bits per heavy atom. The number of anilines is 1. The lowest BCUT2D eigenvalue weighted by atomic mass is 9.98. The van der Waals surface area contributed by atoms with Gasteiger partial charge in [0.2, 0.25) is 5.91 Å². The Bertz CT molecular complexity index is 1030. The average Bonchev–Trinajstić information content (AvgIpc) is 3.21. The zero-order valence-corrected chi connectivity index (χ0v) is 15.8. The fourth-order valence-corrected chi connectivity index (χ4v) is 4.30. The van der Waals surface area contributed by atoms with Crippen molar-refractivity contribution in [2.45, 2.75) is 19.8 Å². The van der Waals surface area contributed by atoms with Crippen molar-refractivity contribution in [1.29, 1.82) is 0 Å². The van der Waals surface area contributed by atoms with Crippen LogP contribution in [0.5, 0.6) is 0 Å². The Labute approximate surface area is 161 Å². The van der Waals surface area contributed by atoms with E-state index in [1.807, 2.05) is 55.5 Å². The van der Waals surface area contributed by atoms with Gasteiger partial charge in [0.25, 0.3) is 0 Å². The number of hydrogen-bond acceptors (Lipinski definition) is 5. The van der Waals surface area contributed by atoms with Gasteiger partial charge in [-0.1, -0.05) is 36.4 Å². The summed E-state index contributed by atoms with van der Waals surface area (Å²) < 4.78 is 5.07. The molecule has 1 aliphatic rings. The molecule has 0 saturated heterocycles. The van der Waals surface area contributed by atoms with Crippen LogP contribution in [0.3, 0.4) is 0 Å². The smallest absolute Gasteiger partial charge is 0.323 e. The Morgan fingerprint density at radius 1 is 1.19 bits per heavy atom. The van der Waals surface area contributed by atoms with Gasteiger partial charge in [0, 0.05) is 11.3 Å². The molecule has 1 aromatic heterocycles. The molecule has 1 aliphatic heterocycles. The summed E-state index contributed by atoms with van der Waals surface area (Å²) in [6.45, 7) is 3.94. The highest BCUT2D eigenvalue weighted by Crippen LogP contribution is 2.40. The van der Waals surface area contributed by atoms with E-state index in [2.05, 4.69) is 5.32 Å². The first kappa shape index (κ1) is 17.4. The predicted molar refractivity (Wildman–Crippen MR) is 106 cm³/mol. The summed E-state index contributed by atoms with van der Waals surface area (Å²) in [4.78, 5) is 30.2. The van der Waals surface area contributed by atoms with Crippen LogP contribution in [0.2, 0.25) is 0 Å². The summed E-state index contributed by atoms with van der Waals surface area (Å²) in [6.07, 6.45) is 0. The van der Waals surface area contributed by atoms with Crippen molar-refractivity contribution in [1.82, 2.24) is 4.98 Å². The Morgan fingerprint density at radius 2 is 1.96 bits per heavy atom. The van der Waals surface area contributed by atoms with Crippen LogP contribution in [0, 0.1) is 6.92 Å². The van der Waals surface area contributed by atoms with Gasteiger partial charge < -0.3 is 10.1 Å². The molecule has 0 bridgehead atoms. The molecule has 4 rings (SSSR count). The van der Waals surface area contributed by atoms with Crippen molar-refractivity contribution < 1.29 is 14.3 Å². The number of nitrogens with one attached hydrogen (secondary N) is 1. The van der Waals surface area contributed by atoms with Crippen LogP contribution in [0.1, 0.15) is 24.1 Å². The number of fused-ring (bicyclic) bond motifs is 1. The van der Waals surface area contributed by atoms with Gasteiger partial charge in [0.05, 0.1) is 17.2 Å². The zero-order chi connectivity index (χ0) is 19.0. The highest BCUT2D eigenvalue weighted by molar-refractivity contribution is 7.18. The third kappa shape index (κ3) is 3.13. The molecule has 1 N–H and O–H groups in total.